The Bertz CT molecular complexity index is 1070. The molecule has 0 spiro atoms. The SMILES string of the molecule is CC1=C(C)C(C)=[C]([Ti+2]([C]2=C(C)C(C)=C(C)C2)=[C](c2ccccc2)c2ccccc2)C1.[Cl-].[Cl-]. The summed E-state index contributed by atoms with van der Waals surface area (Å²) in [6.45, 7) is 14.1. The summed E-state index contributed by atoms with van der Waals surface area (Å²) in [4.78, 5) is 0. The van der Waals surface area contributed by atoms with Crippen molar-refractivity contribution in [3.05, 3.63) is 113 Å². The minimum Gasteiger partial charge on any atom is -1.00 e. The van der Waals surface area contributed by atoms with Crippen LogP contribution < -0.4 is 24.8 Å². The van der Waals surface area contributed by atoms with Gasteiger partial charge in [0.2, 0.25) is 0 Å². The molecule has 4 rings (SSSR count). The monoisotopic (exact) mass is 498 g/mol. The Balaban J connectivity index is 0.00000181. The number of allylic oxidation sites excluding steroid dienone is 8. The smallest absolute Gasteiger partial charge is 1.00 e. The molecule has 0 aliphatic heterocycles. The molecule has 0 amide bonds. The van der Waals surface area contributed by atoms with E-state index in [9.17, 15) is 0 Å². The number of rotatable bonds is 4. The molecule has 32 heavy (non-hydrogen) atoms. The maximum absolute atomic E-state index is 2.37. The molecule has 2 aromatic carbocycles. The van der Waals surface area contributed by atoms with Gasteiger partial charge in [-0.1, -0.05) is 0 Å². The summed E-state index contributed by atoms with van der Waals surface area (Å²) in [6.07, 6.45) is 2.32. The first-order valence-electron chi connectivity index (χ1n) is 11.0. The van der Waals surface area contributed by atoms with Gasteiger partial charge in [-0.3, -0.25) is 0 Å². The van der Waals surface area contributed by atoms with E-state index in [-0.39, 0.29) is 24.8 Å². The quantitative estimate of drug-likeness (QED) is 0.565. The van der Waals surface area contributed by atoms with Gasteiger partial charge in [-0.05, 0) is 0 Å². The van der Waals surface area contributed by atoms with Crippen molar-refractivity contribution < 1.29 is 42.2 Å². The van der Waals surface area contributed by atoms with Crippen LogP contribution in [0.5, 0.6) is 0 Å². The minimum absolute atomic E-state index is 0. The molecule has 0 bridgehead atoms. The zero-order valence-corrected chi connectivity index (χ0v) is 23.0. The molecule has 2 aromatic rings. The van der Waals surface area contributed by atoms with E-state index in [1.165, 1.54) is 22.3 Å². The van der Waals surface area contributed by atoms with Crippen LogP contribution in [0.25, 0.3) is 0 Å². The number of benzene rings is 2. The van der Waals surface area contributed by atoms with E-state index in [0.717, 1.165) is 12.8 Å². The van der Waals surface area contributed by atoms with Crippen molar-refractivity contribution in [1.82, 2.24) is 0 Å². The maximum Gasteiger partial charge on any atom is -1.00 e. The van der Waals surface area contributed by atoms with E-state index < -0.39 is 17.4 Å². The van der Waals surface area contributed by atoms with Gasteiger partial charge in [-0.15, -0.1) is 0 Å². The van der Waals surface area contributed by atoms with Crippen LogP contribution in [0.1, 0.15) is 65.5 Å². The predicted molar refractivity (Wildman–Crippen MR) is 127 cm³/mol. The minimum atomic E-state index is -1.96. The van der Waals surface area contributed by atoms with Gasteiger partial charge in [-0.2, -0.15) is 0 Å². The van der Waals surface area contributed by atoms with Gasteiger partial charge in [0.25, 0.3) is 0 Å². The topological polar surface area (TPSA) is 0 Å². The van der Waals surface area contributed by atoms with E-state index in [1.807, 2.05) is 0 Å². The van der Waals surface area contributed by atoms with Crippen molar-refractivity contribution in [3.63, 3.8) is 0 Å². The summed E-state index contributed by atoms with van der Waals surface area (Å²) in [5.74, 6) is 0. The third kappa shape index (κ3) is 4.90. The molecule has 0 radical (unpaired) electrons. The molecule has 0 saturated heterocycles. The summed E-state index contributed by atoms with van der Waals surface area (Å²) in [7, 11) is 0. The van der Waals surface area contributed by atoms with E-state index >= 15 is 0 Å². The van der Waals surface area contributed by atoms with Crippen molar-refractivity contribution in [2.24, 2.45) is 0 Å². The molecule has 0 heterocycles. The molecule has 0 N–H and O–H groups in total. The fourth-order valence-corrected chi connectivity index (χ4v) is 10.9. The van der Waals surface area contributed by atoms with Crippen molar-refractivity contribution in [1.29, 1.82) is 0 Å². The normalized spacial score (nSPS) is 15.5. The van der Waals surface area contributed by atoms with E-state index in [4.69, 9.17) is 0 Å². The molecule has 2 aliphatic rings. The van der Waals surface area contributed by atoms with Crippen molar-refractivity contribution >= 4 is 3.81 Å². The van der Waals surface area contributed by atoms with Crippen LogP contribution >= 0.6 is 0 Å². The standard InChI is InChI=1S/C13H10.2C8H11.2ClH.Ti/c1-3-7-12(8-4-1)11-13-9-5-2-6-10-13;2*1-6-4-5-7(2)8(6)3;;;/h1-10H;2*4H2,1-3H3;2*1H;/q;;;;;+2/p-2. The Morgan fingerprint density at radius 3 is 1.16 bits per heavy atom. The van der Waals surface area contributed by atoms with Gasteiger partial charge in [0.1, 0.15) is 0 Å². The van der Waals surface area contributed by atoms with E-state index in [1.54, 1.807) is 33.9 Å². The first kappa shape index (κ1) is 26.8. The van der Waals surface area contributed by atoms with E-state index in [2.05, 4.69) is 102 Å². The number of hydrogen-bond acceptors (Lipinski definition) is 0. The first-order valence-corrected chi connectivity index (χ1v) is 13.3. The predicted octanol–water partition coefficient (Wildman–Crippen LogP) is 1.91. The average molecular weight is 499 g/mol. The van der Waals surface area contributed by atoms with Crippen LogP contribution in [-0.2, 0) is 17.4 Å². The second-order valence-corrected chi connectivity index (χ2v) is 12.7. The maximum atomic E-state index is 2.37. The number of hydrogen-bond donors (Lipinski definition) is 0. The summed E-state index contributed by atoms with van der Waals surface area (Å²) < 4.78 is 5.12. The molecule has 166 valence electrons. The summed E-state index contributed by atoms with van der Waals surface area (Å²) in [5.41, 5.74) is 12.1. The summed E-state index contributed by atoms with van der Waals surface area (Å²) in [5, 5.41) is 0. The third-order valence-corrected chi connectivity index (χ3v) is 12.5. The van der Waals surface area contributed by atoms with Crippen LogP contribution in [0.2, 0.25) is 0 Å². The molecular weight excluding hydrogens is 467 g/mol. The summed E-state index contributed by atoms with van der Waals surface area (Å²) in [6, 6.07) is 22.4. The van der Waals surface area contributed by atoms with Gasteiger partial charge in [0.15, 0.2) is 0 Å². The van der Waals surface area contributed by atoms with Crippen molar-refractivity contribution in [2.75, 3.05) is 0 Å². The van der Waals surface area contributed by atoms with Crippen molar-refractivity contribution in [3.8, 4) is 0 Å². The Labute approximate surface area is 212 Å². The zero-order valence-electron chi connectivity index (χ0n) is 19.9. The van der Waals surface area contributed by atoms with Crippen LogP contribution in [-0.4, -0.2) is 3.81 Å². The fraction of sp³-hybridized carbons (Fsp3) is 0.276. The number of halogens is 2. The van der Waals surface area contributed by atoms with Gasteiger partial charge >= 0.3 is 189 Å². The molecule has 2 aliphatic carbocycles. The Morgan fingerprint density at radius 2 is 0.875 bits per heavy atom. The van der Waals surface area contributed by atoms with Crippen LogP contribution in [0.4, 0.5) is 0 Å². The molecular formula is C29H32Cl2Ti. The first-order chi connectivity index (χ1) is 14.4. The van der Waals surface area contributed by atoms with Crippen LogP contribution in [0.3, 0.4) is 0 Å². The molecule has 0 fully saturated rings. The molecule has 0 nitrogen and oxygen atoms in total. The molecule has 0 atom stereocenters. The van der Waals surface area contributed by atoms with Gasteiger partial charge in [0, 0.05) is 0 Å². The summed E-state index contributed by atoms with van der Waals surface area (Å²) >= 11 is -1.96. The van der Waals surface area contributed by atoms with E-state index in [0.29, 0.717) is 0 Å². The second kappa shape index (κ2) is 11.1. The van der Waals surface area contributed by atoms with Crippen LogP contribution in [0, 0.1) is 0 Å². The van der Waals surface area contributed by atoms with Crippen LogP contribution in [0.15, 0.2) is 102 Å². The Hall–Kier alpha value is -1.44. The Kier molecular flexibility index (Phi) is 9.32. The van der Waals surface area contributed by atoms with Gasteiger partial charge in [-0.25, -0.2) is 0 Å². The largest absolute Gasteiger partial charge is 1.00 e. The second-order valence-electron chi connectivity index (χ2n) is 8.85. The third-order valence-electron chi connectivity index (χ3n) is 7.17. The molecule has 0 saturated carbocycles. The molecule has 0 aromatic heterocycles. The van der Waals surface area contributed by atoms with Crippen molar-refractivity contribution in [2.45, 2.75) is 54.4 Å². The van der Waals surface area contributed by atoms with Gasteiger partial charge < -0.3 is 24.8 Å². The zero-order chi connectivity index (χ0) is 21.4. The molecule has 0 unspecified atom stereocenters. The van der Waals surface area contributed by atoms with Gasteiger partial charge in [0.05, 0.1) is 0 Å². The average Bonchev–Trinajstić information content (AvgIpc) is 3.17. The fourth-order valence-electron chi connectivity index (χ4n) is 4.85. The molecule has 3 heteroatoms. The Morgan fingerprint density at radius 1 is 0.531 bits per heavy atom.